The smallest absolute Gasteiger partial charge is 0.239 e. The minimum Gasteiger partial charge on any atom is -0.369 e. The molecule has 2 N–H and O–H groups in total. The minimum absolute atomic E-state index is 0.0820. The Kier molecular flexibility index (Phi) is 5.55. The number of likely N-dealkylation sites (N-methyl/N-ethyl adjacent to an activating group) is 1. The first-order valence-corrected chi connectivity index (χ1v) is 7.81. The summed E-state index contributed by atoms with van der Waals surface area (Å²) in [7, 11) is 1.96. The summed E-state index contributed by atoms with van der Waals surface area (Å²) in [5, 5.41) is 0. The molecule has 5 heteroatoms. The summed E-state index contributed by atoms with van der Waals surface area (Å²) in [6.45, 7) is 3.92. The van der Waals surface area contributed by atoms with Crippen LogP contribution in [0.3, 0.4) is 0 Å². The predicted octanol–water partition coefficient (Wildman–Crippen LogP) is 1.23. The molecule has 2 rings (SSSR count). The molecule has 0 spiro atoms. The lowest BCUT2D eigenvalue weighted by atomic mass is 9.96. The Morgan fingerprint density at radius 2 is 1.86 bits per heavy atom. The zero-order valence-corrected chi connectivity index (χ0v) is 13.4. The number of hydrogen-bond donors (Lipinski definition) is 1. The molecule has 1 aromatic rings. The van der Waals surface area contributed by atoms with Crippen molar-refractivity contribution in [2.24, 2.45) is 11.7 Å². The van der Waals surface area contributed by atoms with Gasteiger partial charge in [0.2, 0.25) is 11.8 Å². The van der Waals surface area contributed by atoms with Gasteiger partial charge in [0.15, 0.2) is 0 Å². The molecule has 0 aliphatic carbocycles. The highest BCUT2D eigenvalue weighted by Gasteiger charge is 2.29. The van der Waals surface area contributed by atoms with E-state index in [0.29, 0.717) is 25.9 Å². The second-order valence-electron chi connectivity index (χ2n) is 6.08. The molecule has 0 unspecified atom stereocenters. The number of carbonyl (C=O) groups excluding carboxylic acids is 2. The van der Waals surface area contributed by atoms with E-state index in [0.717, 1.165) is 6.54 Å². The van der Waals surface area contributed by atoms with Gasteiger partial charge in [-0.2, -0.15) is 0 Å². The largest absolute Gasteiger partial charge is 0.369 e. The van der Waals surface area contributed by atoms with E-state index in [2.05, 4.69) is 17.0 Å². The molecule has 1 aliphatic heterocycles. The lowest BCUT2D eigenvalue weighted by Gasteiger charge is -2.34. The molecule has 1 aromatic carbocycles. The summed E-state index contributed by atoms with van der Waals surface area (Å²) in [5.41, 5.74) is 6.52. The van der Waals surface area contributed by atoms with E-state index in [4.69, 9.17) is 5.73 Å². The van der Waals surface area contributed by atoms with E-state index in [1.54, 1.807) is 0 Å². The second-order valence-corrected chi connectivity index (χ2v) is 6.08. The zero-order valence-electron chi connectivity index (χ0n) is 13.4. The van der Waals surface area contributed by atoms with Crippen LogP contribution in [-0.4, -0.2) is 47.8 Å². The van der Waals surface area contributed by atoms with E-state index in [1.807, 2.05) is 37.1 Å². The molecule has 2 amide bonds. The van der Waals surface area contributed by atoms with Crippen molar-refractivity contribution >= 4 is 11.8 Å². The number of carbonyl (C=O) groups is 2. The number of piperidine rings is 1. The van der Waals surface area contributed by atoms with Crippen molar-refractivity contribution in [3.8, 4) is 0 Å². The summed E-state index contributed by atoms with van der Waals surface area (Å²) in [6, 6.07) is 9.94. The van der Waals surface area contributed by atoms with Gasteiger partial charge in [0.1, 0.15) is 0 Å². The fraction of sp³-hybridized carbons (Fsp3) is 0.529. The predicted molar refractivity (Wildman–Crippen MR) is 85.9 cm³/mol. The highest BCUT2D eigenvalue weighted by atomic mass is 16.2. The molecule has 0 saturated carbocycles. The van der Waals surface area contributed by atoms with Crippen molar-refractivity contribution in [1.82, 2.24) is 9.80 Å². The molecular formula is C17H25N3O2. The Bertz CT molecular complexity index is 510. The van der Waals surface area contributed by atoms with Gasteiger partial charge in [0.25, 0.3) is 0 Å². The molecule has 1 heterocycles. The molecule has 5 nitrogen and oxygen atoms in total. The van der Waals surface area contributed by atoms with Crippen molar-refractivity contribution < 1.29 is 9.59 Å². The minimum atomic E-state index is -0.249. The van der Waals surface area contributed by atoms with Gasteiger partial charge in [-0.3, -0.25) is 14.5 Å². The Morgan fingerprint density at radius 3 is 2.41 bits per heavy atom. The van der Waals surface area contributed by atoms with Gasteiger partial charge in [-0.05, 0) is 32.4 Å². The summed E-state index contributed by atoms with van der Waals surface area (Å²) >= 11 is 0. The molecule has 1 atom stereocenters. The normalized spacial score (nSPS) is 17.5. The first-order valence-electron chi connectivity index (χ1n) is 7.81. The van der Waals surface area contributed by atoms with Crippen molar-refractivity contribution in [2.75, 3.05) is 20.1 Å². The lowest BCUT2D eigenvalue weighted by molar-refractivity contribution is -0.139. The monoisotopic (exact) mass is 303 g/mol. The number of rotatable bonds is 5. The Morgan fingerprint density at radius 1 is 1.27 bits per heavy atom. The van der Waals surface area contributed by atoms with E-state index >= 15 is 0 Å². The molecule has 1 fully saturated rings. The average Bonchev–Trinajstić information content (AvgIpc) is 2.54. The number of nitrogens with two attached hydrogens (primary N) is 1. The maximum atomic E-state index is 12.6. The quantitative estimate of drug-likeness (QED) is 0.889. The maximum absolute atomic E-state index is 12.6. The molecule has 0 aromatic heterocycles. The number of nitrogens with zero attached hydrogens (tertiary/aromatic N) is 2. The highest BCUT2D eigenvalue weighted by Crippen LogP contribution is 2.18. The molecule has 1 aliphatic rings. The van der Waals surface area contributed by atoms with Crippen LogP contribution in [0.2, 0.25) is 0 Å². The summed E-state index contributed by atoms with van der Waals surface area (Å²) in [4.78, 5) is 27.7. The fourth-order valence-electron chi connectivity index (χ4n) is 2.85. The van der Waals surface area contributed by atoms with Gasteiger partial charge in [-0.1, -0.05) is 30.3 Å². The van der Waals surface area contributed by atoms with E-state index < -0.39 is 0 Å². The molecular weight excluding hydrogens is 278 g/mol. The zero-order chi connectivity index (χ0) is 16.1. The Labute approximate surface area is 132 Å². The van der Waals surface area contributed by atoms with Gasteiger partial charge in [0, 0.05) is 25.6 Å². The van der Waals surface area contributed by atoms with E-state index in [-0.39, 0.29) is 23.8 Å². The van der Waals surface area contributed by atoms with Crippen molar-refractivity contribution in [1.29, 1.82) is 0 Å². The number of likely N-dealkylation sites (tertiary alicyclic amines) is 1. The Hall–Kier alpha value is -1.88. The molecule has 0 bridgehead atoms. The van der Waals surface area contributed by atoms with Gasteiger partial charge >= 0.3 is 0 Å². The van der Waals surface area contributed by atoms with Gasteiger partial charge in [-0.25, -0.2) is 0 Å². The van der Waals surface area contributed by atoms with Gasteiger partial charge in [-0.15, -0.1) is 0 Å². The van der Waals surface area contributed by atoms with Crippen LogP contribution in [0.4, 0.5) is 0 Å². The Balaban J connectivity index is 1.88. The van der Waals surface area contributed by atoms with Crippen LogP contribution in [0.15, 0.2) is 30.3 Å². The van der Waals surface area contributed by atoms with E-state index in [9.17, 15) is 9.59 Å². The van der Waals surface area contributed by atoms with Crippen LogP contribution in [0.1, 0.15) is 25.3 Å². The third-order valence-electron chi connectivity index (χ3n) is 4.50. The average molecular weight is 303 g/mol. The van der Waals surface area contributed by atoms with Crippen LogP contribution >= 0.6 is 0 Å². The van der Waals surface area contributed by atoms with Crippen LogP contribution in [0.5, 0.6) is 0 Å². The summed E-state index contributed by atoms with van der Waals surface area (Å²) in [6.07, 6.45) is 1.35. The standard InChI is InChI=1S/C17H25N3O2/c1-13(19(2)12-14-6-4-3-5-7-14)17(22)20-10-8-15(9-11-20)16(18)21/h3-7,13,15H,8-12H2,1-2H3,(H2,18,21)/t13-/m1/s1. The first-order chi connectivity index (χ1) is 10.5. The highest BCUT2D eigenvalue weighted by molar-refractivity contribution is 5.82. The summed E-state index contributed by atoms with van der Waals surface area (Å²) < 4.78 is 0. The van der Waals surface area contributed by atoms with Crippen molar-refractivity contribution in [3.63, 3.8) is 0 Å². The molecule has 1 saturated heterocycles. The SMILES string of the molecule is C[C@H](C(=O)N1CCC(C(N)=O)CC1)N(C)Cc1ccccc1. The molecule has 120 valence electrons. The van der Waals surface area contributed by atoms with Gasteiger partial charge < -0.3 is 10.6 Å². The van der Waals surface area contributed by atoms with Crippen LogP contribution in [-0.2, 0) is 16.1 Å². The third-order valence-corrected chi connectivity index (χ3v) is 4.50. The van der Waals surface area contributed by atoms with Gasteiger partial charge in [0.05, 0.1) is 6.04 Å². The number of amides is 2. The van der Waals surface area contributed by atoms with Crippen molar-refractivity contribution in [3.05, 3.63) is 35.9 Å². The number of benzene rings is 1. The lowest BCUT2D eigenvalue weighted by Crippen LogP contribution is -2.49. The summed E-state index contributed by atoms with van der Waals surface area (Å²) in [5.74, 6) is -0.205. The number of hydrogen-bond acceptors (Lipinski definition) is 3. The van der Waals surface area contributed by atoms with Crippen LogP contribution < -0.4 is 5.73 Å². The second kappa shape index (κ2) is 7.40. The first kappa shape index (κ1) is 16.5. The molecule has 22 heavy (non-hydrogen) atoms. The molecule has 0 radical (unpaired) electrons. The van der Waals surface area contributed by atoms with Crippen LogP contribution in [0, 0.1) is 5.92 Å². The van der Waals surface area contributed by atoms with Crippen molar-refractivity contribution in [2.45, 2.75) is 32.4 Å². The maximum Gasteiger partial charge on any atom is 0.239 e. The van der Waals surface area contributed by atoms with Crippen LogP contribution in [0.25, 0.3) is 0 Å². The number of primary amides is 1. The topological polar surface area (TPSA) is 66.6 Å². The fourth-order valence-corrected chi connectivity index (χ4v) is 2.85. The third kappa shape index (κ3) is 4.07. The van der Waals surface area contributed by atoms with E-state index in [1.165, 1.54) is 5.56 Å².